The van der Waals surface area contributed by atoms with Gasteiger partial charge in [-0.05, 0) is 20.5 Å². The number of carbonyl (C=O) groups is 2. The molecule has 1 fully saturated rings. The van der Waals surface area contributed by atoms with Crippen LogP contribution in [0.4, 0.5) is 0 Å². The van der Waals surface area contributed by atoms with E-state index in [0.717, 1.165) is 6.54 Å². The summed E-state index contributed by atoms with van der Waals surface area (Å²) >= 11 is 0. The number of hydrogen-bond acceptors (Lipinski definition) is 4. The molecule has 2 unspecified atom stereocenters. The van der Waals surface area contributed by atoms with E-state index in [2.05, 4.69) is 5.32 Å². The van der Waals surface area contributed by atoms with Gasteiger partial charge in [-0.25, -0.2) is 0 Å². The Hall–Kier alpha value is -1.14. The second-order valence-corrected chi connectivity index (χ2v) is 4.49. The maximum Gasteiger partial charge on any atom is 0.307 e. The van der Waals surface area contributed by atoms with Gasteiger partial charge in [-0.3, -0.25) is 9.59 Å². The molecule has 1 amide bonds. The third kappa shape index (κ3) is 5.14. The molecular formula is C11H20N2O4. The maximum atomic E-state index is 11.4. The molecule has 98 valence electrons. The van der Waals surface area contributed by atoms with Crippen LogP contribution in [0.2, 0.25) is 0 Å². The fraction of sp³-hybridized carbons (Fsp3) is 0.818. The number of amides is 1. The number of hydrogen-bond donors (Lipinski definition) is 2. The van der Waals surface area contributed by atoms with Crippen LogP contribution < -0.4 is 5.32 Å². The van der Waals surface area contributed by atoms with Crippen LogP contribution in [0.1, 0.15) is 6.42 Å². The quantitative estimate of drug-likeness (QED) is 0.557. The highest BCUT2D eigenvalue weighted by Crippen LogP contribution is 2.38. The minimum absolute atomic E-state index is 0.173. The molecule has 0 aliphatic heterocycles. The summed E-state index contributed by atoms with van der Waals surface area (Å²) in [5, 5.41) is 11.3. The summed E-state index contributed by atoms with van der Waals surface area (Å²) in [7, 11) is 3.93. The molecule has 2 N–H and O–H groups in total. The van der Waals surface area contributed by atoms with Crippen molar-refractivity contribution in [2.45, 2.75) is 6.42 Å². The van der Waals surface area contributed by atoms with Crippen molar-refractivity contribution in [2.75, 3.05) is 40.4 Å². The van der Waals surface area contributed by atoms with Gasteiger partial charge in [0, 0.05) is 13.1 Å². The molecule has 0 heterocycles. The second-order valence-electron chi connectivity index (χ2n) is 4.49. The molecule has 0 radical (unpaired) electrons. The second kappa shape index (κ2) is 6.56. The number of ether oxygens (including phenoxy) is 1. The summed E-state index contributed by atoms with van der Waals surface area (Å²) in [6, 6.07) is 0. The van der Waals surface area contributed by atoms with Gasteiger partial charge in [0.05, 0.1) is 25.0 Å². The molecule has 17 heavy (non-hydrogen) atoms. The lowest BCUT2D eigenvalue weighted by atomic mass is 10.3. The van der Waals surface area contributed by atoms with E-state index in [-0.39, 0.29) is 11.8 Å². The first-order valence-electron chi connectivity index (χ1n) is 5.75. The van der Waals surface area contributed by atoms with Crippen LogP contribution in [0.15, 0.2) is 0 Å². The lowest BCUT2D eigenvalue weighted by Gasteiger charge is -2.10. The van der Waals surface area contributed by atoms with Crippen LogP contribution in [0.5, 0.6) is 0 Å². The number of nitrogens with zero attached hydrogens (tertiary/aromatic N) is 1. The van der Waals surface area contributed by atoms with E-state index in [4.69, 9.17) is 9.84 Å². The van der Waals surface area contributed by atoms with Crippen molar-refractivity contribution in [3.05, 3.63) is 0 Å². The highest BCUT2D eigenvalue weighted by atomic mass is 16.5. The molecule has 0 aromatic heterocycles. The number of carbonyl (C=O) groups excluding carboxylic acids is 1. The number of likely N-dealkylation sites (N-methyl/N-ethyl adjacent to an activating group) is 1. The zero-order valence-corrected chi connectivity index (χ0v) is 10.3. The van der Waals surface area contributed by atoms with Gasteiger partial charge in [0.2, 0.25) is 5.91 Å². The standard InChI is InChI=1S/C11H20N2O4/c1-13(2)4-6-17-5-3-12-10(14)8-7-9(8)11(15)16/h8-9H,3-7H2,1-2H3,(H,12,14)(H,15,16). The normalized spacial score (nSPS) is 22.5. The first-order chi connectivity index (χ1) is 8.02. The van der Waals surface area contributed by atoms with E-state index in [1.165, 1.54) is 0 Å². The van der Waals surface area contributed by atoms with Gasteiger partial charge in [-0.15, -0.1) is 0 Å². The van der Waals surface area contributed by atoms with Gasteiger partial charge >= 0.3 is 5.97 Å². The van der Waals surface area contributed by atoms with Crippen molar-refractivity contribution in [1.82, 2.24) is 10.2 Å². The van der Waals surface area contributed by atoms with Crippen molar-refractivity contribution in [3.63, 3.8) is 0 Å². The zero-order valence-electron chi connectivity index (χ0n) is 10.3. The molecule has 1 rings (SSSR count). The Morgan fingerprint density at radius 2 is 2.06 bits per heavy atom. The summed E-state index contributed by atoms with van der Waals surface area (Å²) in [5.41, 5.74) is 0. The van der Waals surface area contributed by atoms with E-state index in [9.17, 15) is 9.59 Å². The Labute approximate surface area is 101 Å². The number of carboxylic acid groups (broad SMARTS) is 1. The third-order valence-electron chi connectivity index (χ3n) is 2.67. The Kier molecular flexibility index (Phi) is 5.37. The minimum atomic E-state index is -0.882. The van der Waals surface area contributed by atoms with Crippen molar-refractivity contribution in [3.8, 4) is 0 Å². The number of carboxylic acids is 1. The number of rotatable bonds is 8. The summed E-state index contributed by atoms with van der Waals surface area (Å²) < 4.78 is 5.30. The van der Waals surface area contributed by atoms with Crippen LogP contribution in [-0.2, 0) is 14.3 Å². The van der Waals surface area contributed by atoms with Crippen molar-refractivity contribution in [1.29, 1.82) is 0 Å². The highest BCUT2D eigenvalue weighted by molar-refractivity contribution is 5.89. The molecule has 1 aliphatic rings. The highest BCUT2D eigenvalue weighted by Gasteiger charge is 2.48. The van der Waals surface area contributed by atoms with Gasteiger partial charge in [0.15, 0.2) is 0 Å². The van der Waals surface area contributed by atoms with Gasteiger partial charge in [-0.1, -0.05) is 0 Å². The van der Waals surface area contributed by atoms with Crippen LogP contribution in [0.3, 0.4) is 0 Å². The Balaban J connectivity index is 1.97. The molecule has 1 saturated carbocycles. The maximum absolute atomic E-state index is 11.4. The topological polar surface area (TPSA) is 78.9 Å². The molecule has 0 aromatic carbocycles. The van der Waals surface area contributed by atoms with Crippen molar-refractivity contribution in [2.24, 2.45) is 11.8 Å². The predicted octanol–water partition coefficient (Wildman–Crippen LogP) is -0.598. The van der Waals surface area contributed by atoms with Crippen molar-refractivity contribution >= 4 is 11.9 Å². The average Bonchev–Trinajstić information content (AvgIpc) is 3.02. The smallest absolute Gasteiger partial charge is 0.307 e. The summed E-state index contributed by atoms with van der Waals surface area (Å²) in [6.45, 7) is 2.38. The summed E-state index contributed by atoms with van der Waals surface area (Å²) in [5.74, 6) is -1.88. The van der Waals surface area contributed by atoms with E-state index in [0.29, 0.717) is 26.2 Å². The minimum Gasteiger partial charge on any atom is -0.481 e. The van der Waals surface area contributed by atoms with Crippen LogP contribution in [-0.4, -0.2) is 62.3 Å². The van der Waals surface area contributed by atoms with Gasteiger partial charge in [0.1, 0.15) is 0 Å². The molecule has 0 aromatic rings. The van der Waals surface area contributed by atoms with E-state index >= 15 is 0 Å². The van der Waals surface area contributed by atoms with E-state index < -0.39 is 11.9 Å². The molecule has 2 atom stereocenters. The molecular weight excluding hydrogens is 224 g/mol. The first-order valence-corrected chi connectivity index (χ1v) is 5.75. The molecule has 6 nitrogen and oxygen atoms in total. The molecule has 6 heteroatoms. The first kappa shape index (κ1) is 13.9. The fourth-order valence-electron chi connectivity index (χ4n) is 1.48. The van der Waals surface area contributed by atoms with Gasteiger partial charge in [0.25, 0.3) is 0 Å². The Morgan fingerprint density at radius 1 is 1.35 bits per heavy atom. The third-order valence-corrected chi connectivity index (χ3v) is 2.67. The number of nitrogens with one attached hydrogen (secondary N) is 1. The van der Waals surface area contributed by atoms with Gasteiger partial charge in [-0.2, -0.15) is 0 Å². The zero-order chi connectivity index (χ0) is 12.8. The Morgan fingerprint density at radius 3 is 2.59 bits per heavy atom. The fourth-order valence-corrected chi connectivity index (χ4v) is 1.48. The largest absolute Gasteiger partial charge is 0.481 e. The lowest BCUT2D eigenvalue weighted by molar-refractivity contribution is -0.140. The predicted molar refractivity (Wildman–Crippen MR) is 61.6 cm³/mol. The van der Waals surface area contributed by atoms with E-state index in [1.54, 1.807) is 0 Å². The molecule has 0 bridgehead atoms. The molecule has 0 saturated heterocycles. The van der Waals surface area contributed by atoms with Crippen LogP contribution in [0.25, 0.3) is 0 Å². The monoisotopic (exact) mass is 244 g/mol. The Bertz CT molecular complexity index is 281. The number of aliphatic carboxylic acids is 1. The van der Waals surface area contributed by atoms with Gasteiger partial charge < -0.3 is 20.1 Å². The molecule has 1 aliphatic carbocycles. The summed E-state index contributed by atoms with van der Waals surface area (Å²) in [4.78, 5) is 24.0. The van der Waals surface area contributed by atoms with E-state index in [1.807, 2.05) is 19.0 Å². The average molecular weight is 244 g/mol. The SMILES string of the molecule is CN(C)CCOCCNC(=O)C1CC1C(=O)O. The van der Waals surface area contributed by atoms with Crippen molar-refractivity contribution < 1.29 is 19.4 Å². The van der Waals surface area contributed by atoms with Crippen LogP contribution in [0, 0.1) is 11.8 Å². The molecule has 0 spiro atoms. The lowest BCUT2D eigenvalue weighted by Crippen LogP contribution is -2.30. The summed E-state index contributed by atoms with van der Waals surface area (Å²) in [6.07, 6.45) is 0.461. The van der Waals surface area contributed by atoms with Crippen LogP contribution >= 0.6 is 0 Å².